The zero-order valence-corrected chi connectivity index (χ0v) is 12.9. The van der Waals surface area contributed by atoms with Crippen LogP contribution < -0.4 is 10.6 Å². The molecule has 0 bridgehead atoms. The van der Waals surface area contributed by atoms with Crippen molar-refractivity contribution in [1.29, 1.82) is 0 Å². The maximum Gasteiger partial charge on any atom is 0.191 e. The van der Waals surface area contributed by atoms with E-state index in [9.17, 15) is 0 Å². The summed E-state index contributed by atoms with van der Waals surface area (Å²) in [6.45, 7) is 6.54. The summed E-state index contributed by atoms with van der Waals surface area (Å²) in [5.41, 5.74) is 3.74. The molecule has 0 aliphatic heterocycles. The number of nitrogens with one attached hydrogen (secondary N) is 2. The van der Waals surface area contributed by atoms with Crippen molar-refractivity contribution in [2.45, 2.75) is 26.9 Å². The average molecular weight is 285 g/mol. The second kappa shape index (κ2) is 7.47. The maximum absolute atomic E-state index is 4.26. The van der Waals surface area contributed by atoms with Crippen molar-refractivity contribution in [3.63, 3.8) is 0 Å². The van der Waals surface area contributed by atoms with Gasteiger partial charge in [0.25, 0.3) is 0 Å². The van der Waals surface area contributed by atoms with Gasteiger partial charge < -0.3 is 10.6 Å². The van der Waals surface area contributed by atoms with Crippen molar-refractivity contribution >= 4 is 5.96 Å². The van der Waals surface area contributed by atoms with Crippen molar-refractivity contribution < 1.29 is 0 Å². The van der Waals surface area contributed by atoms with Crippen LogP contribution in [0.4, 0.5) is 0 Å². The second-order valence-corrected chi connectivity index (χ2v) is 5.06. The highest BCUT2D eigenvalue weighted by molar-refractivity contribution is 5.79. The molecule has 2 rings (SSSR count). The lowest BCUT2D eigenvalue weighted by molar-refractivity contribution is 0.597. The number of guanidine groups is 1. The fourth-order valence-electron chi connectivity index (χ4n) is 2.09. The van der Waals surface area contributed by atoms with Crippen LogP contribution in [0.5, 0.6) is 0 Å². The molecule has 2 N–H and O–H groups in total. The Morgan fingerprint density at radius 3 is 2.71 bits per heavy atom. The van der Waals surface area contributed by atoms with Crippen LogP contribution in [0.15, 0.2) is 41.7 Å². The molecule has 0 amide bonds. The Morgan fingerprint density at radius 1 is 1.24 bits per heavy atom. The standard InChI is InChI=1S/C16H23N5/c1-13-10-20-21(12-13)9-8-18-16(17-3)19-11-15-7-5-4-6-14(15)2/h4-7,10,12H,8-9,11H2,1-3H3,(H2,17,18,19). The van der Waals surface area contributed by atoms with Crippen LogP contribution in [0.3, 0.4) is 0 Å². The zero-order chi connectivity index (χ0) is 15.1. The number of aliphatic imine (C=N–C) groups is 1. The summed E-state index contributed by atoms with van der Waals surface area (Å²) < 4.78 is 1.93. The molecule has 0 fully saturated rings. The Labute approximate surface area is 126 Å². The molecule has 112 valence electrons. The lowest BCUT2D eigenvalue weighted by Crippen LogP contribution is -2.38. The van der Waals surface area contributed by atoms with E-state index in [4.69, 9.17) is 0 Å². The van der Waals surface area contributed by atoms with E-state index in [1.807, 2.05) is 24.0 Å². The molecular formula is C16H23N5. The fourth-order valence-corrected chi connectivity index (χ4v) is 2.09. The van der Waals surface area contributed by atoms with E-state index in [-0.39, 0.29) is 0 Å². The minimum atomic E-state index is 0.771. The third kappa shape index (κ3) is 4.63. The minimum absolute atomic E-state index is 0.771. The molecule has 0 spiro atoms. The number of aryl methyl sites for hydroxylation is 2. The van der Waals surface area contributed by atoms with Crippen molar-refractivity contribution in [1.82, 2.24) is 20.4 Å². The summed E-state index contributed by atoms with van der Waals surface area (Å²) >= 11 is 0. The monoisotopic (exact) mass is 285 g/mol. The van der Waals surface area contributed by atoms with Gasteiger partial charge in [-0.05, 0) is 30.5 Å². The van der Waals surface area contributed by atoms with Crippen LogP contribution in [-0.4, -0.2) is 29.3 Å². The van der Waals surface area contributed by atoms with Gasteiger partial charge in [-0.15, -0.1) is 0 Å². The summed E-state index contributed by atoms with van der Waals surface area (Å²) in [6, 6.07) is 8.35. The molecule has 0 atom stereocenters. The largest absolute Gasteiger partial charge is 0.355 e. The van der Waals surface area contributed by atoms with Crippen molar-refractivity contribution in [3.8, 4) is 0 Å². The molecular weight excluding hydrogens is 262 g/mol. The predicted molar refractivity (Wildman–Crippen MR) is 86.3 cm³/mol. The van der Waals surface area contributed by atoms with Crippen molar-refractivity contribution in [2.75, 3.05) is 13.6 Å². The SMILES string of the molecule is CN=C(NCCn1cc(C)cn1)NCc1ccccc1C. The van der Waals surface area contributed by atoms with E-state index in [1.54, 1.807) is 7.05 Å². The number of hydrogen-bond donors (Lipinski definition) is 2. The number of aromatic nitrogens is 2. The molecule has 0 saturated carbocycles. The van der Waals surface area contributed by atoms with Gasteiger partial charge in [-0.25, -0.2) is 0 Å². The highest BCUT2D eigenvalue weighted by atomic mass is 15.3. The molecule has 1 aromatic heterocycles. The maximum atomic E-state index is 4.26. The molecule has 1 aromatic carbocycles. The van der Waals surface area contributed by atoms with Gasteiger partial charge in [-0.1, -0.05) is 24.3 Å². The Morgan fingerprint density at radius 2 is 2.05 bits per heavy atom. The van der Waals surface area contributed by atoms with Crippen LogP contribution in [-0.2, 0) is 13.1 Å². The fraction of sp³-hybridized carbons (Fsp3) is 0.375. The van der Waals surface area contributed by atoms with Crippen LogP contribution >= 0.6 is 0 Å². The molecule has 0 saturated heterocycles. The van der Waals surface area contributed by atoms with Gasteiger partial charge in [0.15, 0.2) is 5.96 Å². The Hall–Kier alpha value is -2.30. The van der Waals surface area contributed by atoms with Gasteiger partial charge in [-0.2, -0.15) is 5.10 Å². The number of benzene rings is 1. The molecule has 0 aliphatic rings. The molecule has 21 heavy (non-hydrogen) atoms. The van der Waals surface area contributed by atoms with E-state index >= 15 is 0 Å². The van der Waals surface area contributed by atoms with Gasteiger partial charge in [0.1, 0.15) is 0 Å². The normalized spacial score (nSPS) is 11.5. The Kier molecular flexibility index (Phi) is 5.37. The lowest BCUT2D eigenvalue weighted by Gasteiger charge is -2.13. The van der Waals surface area contributed by atoms with Crippen LogP contribution in [0.1, 0.15) is 16.7 Å². The summed E-state index contributed by atoms with van der Waals surface area (Å²) in [5, 5.41) is 10.9. The quantitative estimate of drug-likeness (QED) is 0.651. The van der Waals surface area contributed by atoms with Gasteiger partial charge in [-0.3, -0.25) is 9.67 Å². The number of hydrogen-bond acceptors (Lipinski definition) is 2. The highest BCUT2D eigenvalue weighted by Crippen LogP contribution is 2.05. The highest BCUT2D eigenvalue weighted by Gasteiger charge is 2.00. The molecule has 2 aromatic rings. The molecule has 0 radical (unpaired) electrons. The predicted octanol–water partition coefficient (Wildman–Crippen LogP) is 1.87. The van der Waals surface area contributed by atoms with Crippen molar-refractivity contribution in [2.24, 2.45) is 4.99 Å². The first kappa shape index (κ1) is 15.1. The summed E-state index contributed by atoms with van der Waals surface area (Å²) in [5.74, 6) is 0.808. The second-order valence-electron chi connectivity index (χ2n) is 5.06. The first-order valence-corrected chi connectivity index (χ1v) is 7.17. The molecule has 1 heterocycles. The smallest absolute Gasteiger partial charge is 0.191 e. The lowest BCUT2D eigenvalue weighted by atomic mass is 10.1. The summed E-state index contributed by atoms with van der Waals surface area (Å²) in [4.78, 5) is 4.23. The van der Waals surface area contributed by atoms with Crippen LogP contribution in [0, 0.1) is 13.8 Å². The topological polar surface area (TPSA) is 54.2 Å². The Balaban J connectivity index is 1.77. The van der Waals surface area contributed by atoms with Crippen LogP contribution in [0.2, 0.25) is 0 Å². The van der Waals surface area contributed by atoms with E-state index in [1.165, 1.54) is 16.7 Å². The van der Waals surface area contributed by atoms with Gasteiger partial charge in [0.2, 0.25) is 0 Å². The van der Waals surface area contributed by atoms with Gasteiger partial charge >= 0.3 is 0 Å². The third-order valence-electron chi connectivity index (χ3n) is 3.33. The average Bonchev–Trinajstić information content (AvgIpc) is 2.90. The Bertz CT molecular complexity index is 600. The molecule has 0 aliphatic carbocycles. The number of nitrogens with zero attached hydrogens (tertiary/aromatic N) is 3. The van der Waals surface area contributed by atoms with Crippen LogP contribution in [0.25, 0.3) is 0 Å². The third-order valence-corrected chi connectivity index (χ3v) is 3.33. The molecule has 0 unspecified atom stereocenters. The van der Waals surface area contributed by atoms with E-state index < -0.39 is 0 Å². The first-order valence-electron chi connectivity index (χ1n) is 7.17. The van der Waals surface area contributed by atoms with E-state index in [2.05, 4.69) is 51.9 Å². The van der Waals surface area contributed by atoms with E-state index in [0.717, 1.165) is 25.6 Å². The molecule has 5 nitrogen and oxygen atoms in total. The van der Waals surface area contributed by atoms with Crippen molar-refractivity contribution in [3.05, 3.63) is 53.3 Å². The van der Waals surface area contributed by atoms with Gasteiger partial charge in [0, 0.05) is 26.3 Å². The van der Waals surface area contributed by atoms with Gasteiger partial charge in [0.05, 0.1) is 12.7 Å². The zero-order valence-electron chi connectivity index (χ0n) is 12.9. The van der Waals surface area contributed by atoms with E-state index in [0.29, 0.717) is 0 Å². The summed E-state index contributed by atoms with van der Waals surface area (Å²) in [6.07, 6.45) is 3.90. The minimum Gasteiger partial charge on any atom is -0.355 e. The first-order chi connectivity index (χ1) is 10.2. The summed E-state index contributed by atoms with van der Waals surface area (Å²) in [7, 11) is 1.78. The molecule has 5 heteroatoms. The number of rotatable bonds is 5.